The molecule has 0 atom stereocenters. The molecule has 6 heteroatoms. The van der Waals surface area contributed by atoms with E-state index in [4.69, 9.17) is 4.74 Å². The van der Waals surface area contributed by atoms with Crippen molar-refractivity contribution in [3.63, 3.8) is 0 Å². The van der Waals surface area contributed by atoms with Crippen LogP contribution in [0.5, 0.6) is 0 Å². The van der Waals surface area contributed by atoms with Crippen molar-refractivity contribution < 1.29 is 13.9 Å². The number of anilines is 2. The Kier molecular flexibility index (Phi) is 3.88. The molecule has 94 valence electrons. The molecule has 1 aromatic heterocycles. The third-order valence-electron chi connectivity index (χ3n) is 2.14. The van der Waals surface area contributed by atoms with Crippen LogP contribution >= 0.6 is 11.3 Å². The van der Waals surface area contributed by atoms with Crippen LogP contribution in [-0.2, 0) is 4.74 Å². The summed E-state index contributed by atoms with van der Waals surface area (Å²) in [7, 11) is 0. The molecule has 0 amide bonds. The van der Waals surface area contributed by atoms with Crippen molar-refractivity contribution in [3.8, 4) is 0 Å². The van der Waals surface area contributed by atoms with Gasteiger partial charge in [-0.15, -0.1) is 11.3 Å². The Balaban J connectivity index is 2.17. The summed E-state index contributed by atoms with van der Waals surface area (Å²) >= 11 is 1.29. The molecule has 1 heterocycles. The number of nitrogens with one attached hydrogen (secondary N) is 1. The van der Waals surface area contributed by atoms with Crippen molar-refractivity contribution in [2.24, 2.45) is 0 Å². The second kappa shape index (κ2) is 5.59. The Hall–Kier alpha value is -1.95. The molecular formula is C12H11FN2O2S. The summed E-state index contributed by atoms with van der Waals surface area (Å²) in [5.41, 5.74) is 2.48. The van der Waals surface area contributed by atoms with Crippen LogP contribution in [0.4, 0.5) is 15.1 Å². The lowest BCUT2D eigenvalue weighted by Crippen LogP contribution is -2.07. The number of thiazole rings is 1. The quantitative estimate of drug-likeness (QED) is 0.863. The van der Waals surface area contributed by atoms with Gasteiger partial charge in [-0.25, -0.2) is 14.2 Å². The van der Waals surface area contributed by atoms with Crippen LogP contribution in [0.3, 0.4) is 0 Å². The van der Waals surface area contributed by atoms with Crippen molar-refractivity contribution in [1.29, 1.82) is 0 Å². The summed E-state index contributed by atoms with van der Waals surface area (Å²) in [6.45, 7) is 2.03. The van der Waals surface area contributed by atoms with Crippen molar-refractivity contribution in [3.05, 3.63) is 41.3 Å². The second-order valence-corrected chi connectivity index (χ2v) is 4.24. The first kappa shape index (κ1) is 12.5. The Morgan fingerprint density at radius 3 is 2.83 bits per heavy atom. The molecule has 0 bridgehead atoms. The molecule has 0 spiro atoms. The lowest BCUT2D eigenvalue weighted by molar-refractivity contribution is 0.0521. The predicted molar refractivity (Wildman–Crippen MR) is 67.8 cm³/mol. The van der Waals surface area contributed by atoms with E-state index in [9.17, 15) is 9.18 Å². The molecule has 0 unspecified atom stereocenters. The van der Waals surface area contributed by atoms with Crippen LogP contribution in [0.2, 0.25) is 0 Å². The molecule has 4 nitrogen and oxygen atoms in total. The maximum absolute atomic E-state index is 12.8. The van der Waals surface area contributed by atoms with E-state index in [2.05, 4.69) is 10.3 Å². The van der Waals surface area contributed by atoms with Gasteiger partial charge >= 0.3 is 5.97 Å². The summed E-state index contributed by atoms with van der Waals surface area (Å²) in [4.78, 5) is 15.5. The number of halogens is 1. The van der Waals surface area contributed by atoms with Gasteiger partial charge < -0.3 is 10.1 Å². The standard InChI is InChI=1S/C12H11FN2O2S/c1-2-17-12(16)10-11(18-7-14-10)15-9-5-3-8(13)4-6-9/h3-7,15H,2H2,1H3. The van der Waals surface area contributed by atoms with E-state index in [1.54, 1.807) is 24.6 Å². The van der Waals surface area contributed by atoms with E-state index in [1.165, 1.54) is 23.5 Å². The highest BCUT2D eigenvalue weighted by Crippen LogP contribution is 2.25. The van der Waals surface area contributed by atoms with Gasteiger partial charge in [0.15, 0.2) is 5.69 Å². The van der Waals surface area contributed by atoms with Crippen molar-refractivity contribution in [2.45, 2.75) is 6.92 Å². The first-order chi connectivity index (χ1) is 8.70. The number of benzene rings is 1. The molecule has 0 fully saturated rings. The minimum absolute atomic E-state index is 0.242. The fraction of sp³-hybridized carbons (Fsp3) is 0.167. The van der Waals surface area contributed by atoms with Crippen LogP contribution in [0.25, 0.3) is 0 Å². The number of nitrogens with zero attached hydrogens (tertiary/aromatic N) is 1. The van der Waals surface area contributed by atoms with E-state index in [-0.39, 0.29) is 11.5 Å². The summed E-state index contributed by atoms with van der Waals surface area (Å²) in [5.74, 6) is -0.779. The molecule has 0 radical (unpaired) electrons. The number of esters is 1. The number of ether oxygens (including phenoxy) is 1. The van der Waals surface area contributed by atoms with Gasteiger partial charge in [0.05, 0.1) is 12.1 Å². The van der Waals surface area contributed by atoms with Gasteiger partial charge in [-0.05, 0) is 31.2 Å². The number of hydrogen-bond acceptors (Lipinski definition) is 5. The first-order valence-corrected chi connectivity index (χ1v) is 6.22. The highest BCUT2D eigenvalue weighted by atomic mass is 32.1. The normalized spacial score (nSPS) is 10.1. The van der Waals surface area contributed by atoms with Gasteiger partial charge in [-0.2, -0.15) is 0 Å². The van der Waals surface area contributed by atoms with Crippen LogP contribution in [0.1, 0.15) is 17.4 Å². The Labute approximate surface area is 107 Å². The van der Waals surface area contributed by atoms with Gasteiger partial charge in [0.25, 0.3) is 0 Å². The number of carbonyl (C=O) groups excluding carboxylic acids is 1. The van der Waals surface area contributed by atoms with Crippen LogP contribution in [0, 0.1) is 5.82 Å². The fourth-order valence-electron chi connectivity index (χ4n) is 1.34. The Morgan fingerprint density at radius 2 is 2.17 bits per heavy atom. The van der Waals surface area contributed by atoms with Gasteiger partial charge in [0, 0.05) is 5.69 Å². The highest BCUT2D eigenvalue weighted by Gasteiger charge is 2.16. The smallest absolute Gasteiger partial charge is 0.360 e. The molecular weight excluding hydrogens is 255 g/mol. The zero-order valence-corrected chi connectivity index (χ0v) is 10.5. The summed E-state index contributed by atoms with van der Waals surface area (Å²) < 4.78 is 17.7. The van der Waals surface area contributed by atoms with Crippen LogP contribution < -0.4 is 5.32 Å². The van der Waals surface area contributed by atoms with Crippen molar-refractivity contribution in [1.82, 2.24) is 4.98 Å². The molecule has 1 aromatic carbocycles. The third-order valence-corrected chi connectivity index (χ3v) is 2.88. The van der Waals surface area contributed by atoms with Gasteiger partial charge in [-0.1, -0.05) is 0 Å². The van der Waals surface area contributed by atoms with Gasteiger partial charge in [0.2, 0.25) is 0 Å². The molecule has 0 saturated carbocycles. The average Bonchev–Trinajstić information content (AvgIpc) is 2.81. The average molecular weight is 266 g/mol. The van der Waals surface area contributed by atoms with Gasteiger partial charge in [-0.3, -0.25) is 0 Å². The molecule has 0 aliphatic carbocycles. The predicted octanol–water partition coefficient (Wildman–Crippen LogP) is 3.20. The molecule has 0 aliphatic heterocycles. The maximum atomic E-state index is 12.8. The van der Waals surface area contributed by atoms with Crippen molar-refractivity contribution >= 4 is 28.0 Å². The zero-order chi connectivity index (χ0) is 13.0. The SMILES string of the molecule is CCOC(=O)c1ncsc1Nc1ccc(F)cc1. The van der Waals surface area contributed by atoms with E-state index >= 15 is 0 Å². The lowest BCUT2D eigenvalue weighted by Gasteiger charge is -2.05. The fourth-order valence-corrected chi connectivity index (χ4v) is 2.03. The minimum Gasteiger partial charge on any atom is -0.461 e. The number of hydrogen-bond donors (Lipinski definition) is 1. The second-order valence-electron chi connectivity index (χ2n) is 3.38. The molecule has 2 aromatic rings. The monoisotopic (exact) mass is 266 g/mol. The molecule has 0 aliphatic rings. The topological polar surface area (TPSA) is 51.2 Å². The van der Waals surface area contributed by atoms with Crippen molar-refractivity contribution in [2.75, 3.05) is 11.9 Å². The van der Waals surface area contributed by atoms with Gasteiger partial charge in [0.1, 0.15) is 10.8 Å². The highest BCUT2D eigenvalue weighted by molar-refractivity contribution is 7.14. The lowest BCUT2D eigenvalue weighted by atomic mass is 10.3. The summed E-state index contributed by atoms with van der Waals surface area (Å²) in [6.07, 6.45) is 0. The van der Waals surface area contributed by atoms with E-state index < -0.39 is 5.97 Å². The third kappa shape index (κ3) is 2.84. The number of aromatic nitrogens is 1. The van der Waals surface area contributed by atoms with Crippen LogP contribution in [0.15, 0.2) is 29.8 Å². The maximum Gasteiger partial charge on any atom is 0.360 e. The Bertz CT molecular complexity index is 539. The molecule has 1 N–H and O–H groups in total. The first-order valence-electron chi connectivity index (χ1n) is 5.34. The Morgan fingerprint density at radius 1 is 1.44 bits per heavy atom. The van der Waals surface area contributed by atoms with E-state index in [1.807, 2.05) is 0 Å². The largest absolute Gasteiger partial charge is 0.461 e. The molecule has 2 rings (SSSR count). The van der Waals surface area contributed by atoms with E-state index in [0.29, 0.717) is 17.3 Å². The molecule has 0 saturated heterocycles. The number of rotatable bonds is 4. The van der Waals surface area contributed by atoms with Crippen LogP contribution in [-0.4, -0.2) is 17.6 Å². The minimum atomic E-state index is -0.469. The molecule has 18 heavy (non-hydrogen) atoms. The number of carbonyl (C=O) groups is 1. The summed E-state index contributed by atoms with van der Waals surface area (Å²) in [5, 5.41) is 3.59. The summed E-state index contributed by atoms with van der Waals surface area (Å²) in [6, 6.07) is 5.86. The van der Waals surface area contributed by atoms with E-state index in [0.717, 1.165) is 0 Å². The zero-order valence-electron chi connectivity index (χ0n) is 9.64.